The highest BCUT2D eigenvalue weighted by Crippen LogP contribution is 2.44. The van der Waals surface area contributed by atoms with Gasteiger partial charge in [0.05, 0.1) is 0 Å². The Hall–Kier alpha value is -0.770. The normalized spacial score (nSPS) is 24.6. The first-order valence-electron chi connectivity index (χ1n) is 5.37. The van der Waals surface area contributed by atoms with Crippen molar-refractivity contribution < 1.29 is 0 Å². The first kappa shape index (κ1) is 11.3. The second-order valence-corrected chi connectivity index (χ2v) is 4.62. The standard InChI is InChI=1S/C10H22N4/c1-4-5-6-12-9(14-11)13-8-7-10(8,2)3/h8H,4-7,11H2,1-3H3,(H2,12,13,14). The van der Waals surface area contributed by atoms with Gasteiger partial charge in [-0.25, -0.2) is 5.84 Å². The van der Waals surface area contributed by atoms with E-state index in [1.54, 1.807) is 0 Å². The maximum Gasteiger partial charge on any atom is 0.205 e. The van der Waals surface area contributed by atoms with Gasteiger partial charge < -0.3 is 5.32 Å². The van der Waals surface area contributed by atoms with Gasteiger partial charge in [0, 0.05) is 12.6 Å². The van der Waals surface area contributed by atoms with E-state index in [0.29, 0.717) is 11.5 Å². The second kappa shape index (κ2) is 4.64. The van der Waals surface area contributed by atoms with Gasteiger partial charge in [0.1, 0.15) is 0 Å². The number of aliphatic imine (C=N–C) groups is 1. The summed E-state index contributed by atoms with van der Waals surface area (Å²) in [4.78, 5) is 4.35. The predicted octanol–water partition coefficient (Wildman–Crippen LogP) is 0.994. The lowest BCUT2D eigenvalue weighted by Gasteiger charge is -2.10. The lowest BCUT2D eigenvalue weighted by molar-refractivity contribution is 0.589. The van der Waals surface area contributed by atoms with Crippen LogP contribution in [0.25, 0.3) is 0 Å². The highest BCUT2D eigenvalue weighted by atomic mass is 15.3. The van der Waals surface area contributed by atoms with Gasteiger partial charge in [-0.1, -0.05) is 27.2 Å². The minimum atomic E-state index is 0.405. The van der Waals surface area contributed by atoms with Crippen LogP contribution in [0.3, 0.4) is 0 Å². The van der Waals surface area contributed by atoms with Crippen LogP contribution >= 0.6 is 0 Å². The van der Waals surface area contributed by atoms with Gasteiger partial charge in [-0.15, -0.1) is 0 Å². The Bertz CT molecular complexity index is 210. The van der Waals surface area contributed by atoms with Crippen molar-refractivity contribution in [3.05, 3.63) is 0 Å². The third-order valence-corrected chi connectivity index (χ3v) is 2.74. The molecule has 0 heterocycles. The number of nitrogens with one attached hydrogen (secondary N) is 2. The van der Waals surface area contributed by atoms with E-state index in [0.717, 1.165) is 25.3 Å². The monoisotopic (exact) mass is 198 g/mol. The number of guanidine groups is 1. The Labute approximate surface area is 86.3 Å². The molecule has 1 fully saturated rings. The molecule has 1 unspecified atom stereocenters. The van der Waals surface area contributed by atoms with Gasteiger partial charge in [0.2, 0.25) is 5.96 Å². The summed E-state index contributed by atoms with van der Waals surface area (Å²) in [7, 11) is 0. The molecule has 1 aliphatic rings. The SMILES string of the molecule is CCCCN=C(NN)NC1CC1(C)C. The molecule has 1 saturated carbocycles. The third-order valence-electron chi connectivity index (χ3n) is 2.74. The number of hydrazine groups is 1. The fourth-order valence-electron chi connectivity index (χ4n) is 1.36. The van der Waals surface area contributed by atoms with Gasteiger partial charge in [-0.05, 0) is 18.3 Å². The summed E-state index contributed by atoms with van der Waals surface area (Å²) in [5.74, 6) is 6.11. The largest absolute Gasteiger partial charge is 0.352 e. The van der Waals surface area contributed by atoms with E-state index in [2.05, 4.69) is 36.5 Å². The zero-order chi connectivity index (χ0) is 10.6. The summed E-state index contributed by atoms with van der Waals surface area (Å²) in [6.45, 7) is 7.48. The van der Waals surface area contributed by atoms with Crippen LogP contribution in [0, 0.1) is 5.41 Å². The molecule has 4 N–H and O–H groups in total. The maximum atomic E-state index is 5.38. The summed E-state index contributed by atoms with van der Waals surface area (Å²) in [6, 6.07) is 0.527. The number of nitrogens with zero attached hydrogens (tertiary/aromatic N) is 1. The Morgan fingerprint density at radius 1 is 1.57 bits per heavy atom. The average Bonchev–Trinajstić information content (AvgIpc) is 2.72. The molecule has 0 bridgehead atoms. The Morgan fingerprint density at radius 3 is 2.64 bits per heavy atom. The highest BCUT2D eigenvalue weighted by Gasteiger charge is 2.46. The van der Waals surface area contributed by atoms with Crippen molar-refractivity contribution in [3.63, 3.8) is 0 Å². The number of unbranched alkanes of at least 4 members (excludes halogenated alkanes) is 1. The summed E-state index contributed by atoms with van der Waals surface area (Å²) in [5.41, 5.74) is 3.01. The number of hydrogen-bond donors (Lipinski definition) is 3. The quantitative estimate of drug-likeness (QED) is 0.207. The predicted molar refractivity (Wildman–Crippen MR) is 59.9 cm³/mol. The fraction of sp³-hybridized carbons (Fsp3) is 0.900. The first-order valence-corrected chi connectivity index (χ1v) is 5.37. The number of nitrogens with two attached hydrogens (primary N) is 1. The van der Waals surface area contributed by atoms with Crippen LogP contribution in [0.5, 0.6) is 0 Å². The van der Waals surface area contributed by atoms with Gasteiger partial charge in [-0.3, -0.25) is 10.4 Å². The minimum Gasteiger partial charge on any atom is -0.352 e. The van der Waals surface area contributed by atoms with Crippen molar-refractivity contribution in [2.45, 2.75) is 46.1 Å². The molecule has 82 valence electrons. The van der Waals surface area contributed by atoms with Gasteiger partial charge in [0.25, 0.3) is 0 Å². The molecule has 0 aromatic heterocycles. The lowest BCUT2D eigenvalue weighted by atomic mass is 10.2. The van der Waals surface area contributed by atoms with Crippen molar-refractivity contribution in [2.24, 2.45) is 16.3 Å². The van der Waals surface area contributed by atoms with E-state index in [4.69, 9.17) is 5.84 Å². The molecule has 0 aromatic carbocycles. The zero-order valence-electron chi connectivity index (χ0n) is 9.43. The molecule has 0 aromatic rings. The van der Waals surface area contributed by atoms with E-state index in [1.807, 2.05) is 0 Å². The van der Waals surface area contributed by atoms with E-state index >= 15 is 0 Å². The number of hydrogen-bond acceptors (Lipinski definition) is 2. The molecule has 4 heteroatoms. The number of rotatable bonds is 4. The molecule has 0 radical (unpaired) electrons. The highest BCUT2D eigenvalue weighted by molar-refractivity contribution is 5.79. The van der Waals surface area contributed by atoms with Crippen LogP contribution in [0.1, 0.15) is 40.0 Å². The zero-order valence-corrected chi connectivity index (χ0v) is 9.43. The average molecular weight is 198 g/mol. The summed E-state index contributed by atoms with van der Waals surface area (Å²) < 4.78 is 0. The van der Waals surface area contributed by atoms with Crippen molar-refractivity contribution >= 4 is 5.96 Å². The molecule has 1 atom stereocenters. The lowest BCUT2D eigenvalue weighted by Crippen LogP contribution is -2.43. The Kier molecular flexibility index (Phi) is 3.75. The summed E-state index contributed by atoms with van der Waals surface area (Å²) in [6.07, 6.45) is 3.47. The molecule has 4 nitrogen and oxygen atoms in total. The maximum absolute atomic E-state index is 5.38. The molecular formula is C10H22N4. The second-order valence-electron chi connectivity index (χ2n) is 4.62. The van der Waals surface area contributed by atoms with Crippen LogP contribution in [-0.2, 0) is 0 Å². The van der Waals surface area contributed by atoms with Crippen molar-refractivity contribution in [3.8, 4) is 0 Å². The van der Waals surface area contributed by atoms with Crippen LogP contribution < -0.4 is 16.6 Å². The van der Waals surface area contributed by atoms with Gasteiger partial charge in [0.15, 0.2) is 0 Å². The Morgan fingerprint density at radius 2 is 2.21 bits per heavy atom. The topological polar surface area (TPSA) is 62.4 Å². The smallest absolute Gasteiger partial charge is 0.205 e. The van der Waals surface area contributed by atoms with Gasteiger partial charge >= 0.3 is 0 Å². The summed E-state index contributed by atoms with van der Waals surface area (Å²) in [5, 5.41) is 3.30. The van der Waals surface area contributed by atoms with Crippen LogP contribution in [0.4, 0.5) is 0 Å². The van der Waals surface area contributed by atoms with Crippen LogP contribution in [0.2, 0.25) is 0 Å². The third kappa shape index (κ3) is 3.18. The van der Waals surface area contributed by atoms with Crippen molar-refractivity contribution in [1.29, 1.82) is 0 Å². The van der Waals surface area contributed by atoms with E-state index in [1.165, 1.54) is 6.42 Å². The fourth-order valence-corrected chi connectivity index (χ4v) is 1.36. The van der Waals surface area contributed by atoms with E-state index in [-0.39, 0.29) is 0 Å². The molecule has 0 aliphatic heterocycles. The molecular weight excluding hydrogens is 176 g/mol. The van der Waals surface area contributed by atoms with Crippen molar-refractivity contribution in [2.75, 3.05) is 6.54 Å². The minimum absolute atomic E-state index is 0.405. The van der Waals surface area contributed by atoms with Crippen LogP contribution in [-0.4, -0.2) is 18.5 Å². The molecule has 0 amide bonds. The van der Waals surface area contributed by atoms with E-state index < -0.39 is 0 Å². The van der Waals surface area contributed by atoms with Crippen molar-refractivity contribution in [1.82, 2.24) is 10.7 Å². The summed E-state index contributed by atoms with van der Waals surface area (Å²) >= 11 is 0. The molecule has 0 spiro atoms. The van der Waals surface area contributed by atoms with Crippen LogP contribution in [0.15, 0.2) is 4.99 Å². The molecule has 14 heavy (non-hydrogen) atoms. The Balaban J connectivity index is 2.28. The van der Waals surface area contributed by atoms with E-state index in [9.17, 15) is 0 Å². The molecule has 1 rings (SSSR count). The first-order chi connectivity index (χ1) is 6.60. The molecule has 0 saturated heterocycles. The van der Waals surface area contributed by atoms with Gasteiger partial charge in [-0.2, -0.15) is 0 Å². The molecule has 1 aliphatic carbocycles.